The van der Waals surface area contributed by atoms with E-state index in [1.807, 2.05) is 25.1 Å². The molecule has 1 amide bonds. The van der Waals surface area contributed by atoms with E-state index in [0.717, 1.165) is 48.5 Å². The summed E-state index contributed by atoms with van der Waals surface area (Å²) < 4.78 is 5.37. The number of aryl methyl sites for hydroxylation is 1. The van der Waals surface area contributed by atoms with Crippen LogP contribution in [0.25, 0.3) is 10.9 Å². The van der Waals surface area contributed by atoms with Crippen molar-refractivity contribution in [3.63, 3.8) is 0 Å². The molecule has 0 aliphatic carbocycles. The second-order valence-electron chi connectivity index (χ2n) is 8.18. The fourth-order valence-corrected chi connectivity index (χ4v) is 4.45. The molecule has 1 aromatic heterocycles. The van der Waals surface area contributed by atoms with Crippen LogP contribution in [0, 0.1) is 6.92 Å². The molecule has 2 aliphatic rings. The first-order valence-electron chi connectivity index (χ1n) is 10.6. The SMILES string of the molecule is Cc1ccc2c(N3CCN(CC(=O)c4ccc5c(c4)NC(=O)CO5)CC3)cc(Cl)cc2n1. The molecule has 5 rings (SSSR count). The monoisotopic (exact) mass is 450 g/mol. The molecule has 2 aliphatic heterocycles. The van der Waals surface area contributed by atoms with Gasteiger partial charge in [-0.3, -0.25) is 19.5 Å². The van der Waals surface area contributed by atoms with Gasteiger partial charge in [0, 0.05) is 53.5 Å². The van der Waals surface area contributed by atoms with Gasteiger partial charge in [0.15, 0.2) is 12.4 Å². The van der Waals surface area contributed by atoms with Gasteiger partial charge in [0.05, 0.1) is 17.7 Å². The van der Waals surface area contributed by atoms with Gasteiger partial charge >= 0.3 is 0 Å². The van der Waals surface area contributed by atoms with Gasteiger partial charge in [-0.25, -0.2) is 0 Å². The standard InChI is InChI=1S/C24H23ClN4O3/c1-15-2-4-18-19(26-15)11-17(25)12-21(18)29-8-6-28(7-9-29)13-22(30)16-3-5-23-20(10-16)27-24(31)14-32-23/h2-5,10-12H,6-9,13-14H2,1H3,(H,27,31). The van der Waals surface area contributed by atoms with Gasteiger partial charge in [-0.05, 0) is 49.4 Å². The first-order chi connectivity index (χ1) is 15.5. The Bertz CT molecular complexity index is 1220. The number of nitrogens with zero attached hydrogens (tertiary/aromatic N) is 3. The Kier molecular flexibility index (Phi) is 5.45. The molecule has 2 aromatic carbocycles. The molecule has 0 radical (unpaired) electrons. The summed E-state index contributed by atoms with van der Waals surface area (Å²) in [6.07, 6.45) is 0. The van der Waals surface area contributed by atoms with Crippen molar-refractivity contribution < 1.29 is 14.3 Å². The van der Waals surface area contributed by atoms with E-state index >= 15 is 0 Å². The molecule has 8 heteroatoms. The Morgan fingerprint density at radius 2 is 1.94 bits per heavy atom. The third-order valence-electron chi connectivity index (χ3n) is 5.90. The van der Waals surface area contributed by atoms with Crippen LogP contribution in [0.1, 0.15) is 16.1 Å². The van der Waals surface area contributed by atoms with E-state index in [1.54, 1.807) is 18.2 Å². The Hall–Kier alpha value is -3.16. The number of piperazine rings is 1. The zero-order valence-electron chi connectivity index (χ0n) is 17.7. The highest BCUT2D eigenvalue weighted by molar-refractivity contribution is 6.31. The van der Waals surface area contributed by atoms with Crippen LogP contribution in [0.2, 0.25) is 5.02 Å². The Balaban J connectivity index is 1.26. The molecule has 0 unspecified atom stereocenters. The van der Waals surface area contributed by atoms with Gasteiger partial charge in [0.1, 0.15) is 5.75 Å². The zero-order chi connectivity index (χ0) is 22.2. The maximum atomic E-state index is 12.8. The molecular weight excluding hydrogens is 428 g/mol. The molecule has 0 bridgehead atoms. The largest absolute Gasteiger partial charge is 0.482 e. The van der Waals surface area contributed by atoms with Crippen molar-refractivity contribution in [2.45, 2.75) is 6.92 Å². The summed E-state index contributed by atoms with van der Waals surface area (Å²) in [5.41, 5.74) is 4.06. The fraction of sp³-hybridized carbons (Fsp3) is 0.292. The number of carbonyl (C=O) groups is 2. The first-order valence-corrected chi connectivity index (χ1v) is 11.0. The van der Waals surface area contributed by atoms with Crippen LogP contribution >= 0.6 is 11.6 Å². The number of amides is 1. The van der Waals surface area contributed by atoms with E-state index in [9.17, 15) is 9.59 Å². The quantitative estimate of drug-likeness (QED) is 0.613. The van der Waals surface area contributed by atoms with Gasteiger partial charge in [0.25, 0.3) is 5.91 Å². The zero-order valence-corrected chi connectivity index (χ0v) is 18.5. The Morgan fingerprint density at radius 3 is 2.75 bits per heavy atom. The van der Waals surface area contributed by atoms with Crippen molar-refractivity contribution in [3.8, 4) is 5.75 Å². The molecule has 1 fully saturated rings. The molecule has 32 heavy (non-hydrogen) atoms. The van der Waals surface area contributed by atoms with Crippen LogP contribution in [0.15, 0.2) is 42.5 Å². The average Bonchev–Trinajstić information content (AvgIpc) is 2.78. The highest BCUT2D eigenvalue weighted by Crippen LogP contribution is 2.31. The number of rotatable bonds is 4. The number of pyridine rings is 1. The van der Waals surface area contributed by atoms with E-state index < -0.39 is 0 Å². The summed E-state index contributed by atoms with van der Waals surface area (Å²) in [4.78, 5) is 33.5. The molecule has 1 N–H and O–H groups in total. The van der Waals surface area contributed by atoms with Crippen LogP contribution < -0.4 is 15.0 Å². The fourth-order valence-electron chi connectivity index (χ4n) is 4.24. The van der Waals surface area contributed by atoms with Crippen LogP contribution in [0.3, 0.4) is 0 Å². The van der Waals surface area contributed by atoms with Crippen molar-refractivity contribution in [1.29, 1.82) is 0 Å². The van der Waals surface area contributed by atoms with Gasteiger partial charge in [-0.1, -0.05) is 11.6 Å². The lowest BCUT2D eigenvalue weighted by Gasteiger charge is -2.36. The predicted molar refractivity (Wildman–Crippen MR) is 125 cm³/mol. The maximum Gasteiger partial charge on any atom is 0.262 e. The van der Waals surface area contributed by atoms with Crippen molar-refractivity contribution >= 4 is 45.6 Å². The van der Waals surface area contributed by atoms with Crippen LogP contribution in [0.4, 0.5) is 11.4 Å². The number of carbonyl (C=O) groups excluding carboxylic acids is 2. The lowest BCUT2D eigenvalue weighted by atomic mass is 10.1. The summed E-state index contributed by atoms with van der Waals surface area (Å²) in [5, 5.41) is 4.51. The highest BCUT2D eigenvalue weighted by atomic mass is 35.5. The predicted octanol–water partition coefficient (Wildman–Crippen LogP) is 3.53. The Morgan fingerprint density at radius 1 is 1.12 bits per heavy atom. The molecule has 1 saturated heterocycles. The minimum atomic E-state index is -0.211. The van der Waals surface area contributed by atoms with E-state index in [1.165, 1.54) is 0 Å². The van der Waals surface area contributed by atoms with Gasteiger partial charge in [-0.2, -0.15) is 0 Å². The minimum Gasteiger partial charge on any atom is -0.482 e. The molecule has 7 nitrogen and oxygen atoms in total. The van der Waals surface area contributed by atoms with E-state index in [2.05, 4.69) is 26.2 Å². The number of benzene rings is 2. The first kappa shape index (κ1) is 20.7. The van der Waals surface area contributed by atoms with E-state index in [4.69, 9.17) is 16.3 Å². The van der Waals surface area contributed by atoms with Gasteiger partial charge in [0.2, 0.25) is 0 Å². The number of halogens is 1. The highest BCUT2D eigenvalue weighted by Gasteiger charge is 2.23. The molecule has 3 heterocycles. The number of hydrogen-bond acceptors (Lipinski definition) is 6. The van der Waals surface area contributed by atoms with Gasteiger partial charge < -0.3 is 15.0 Å². The number of Topliss-reactive ketones (excluding diaryl/α,β-unsaturated/α-hetero) is 1. The Labute approximate surface area is 190 Å². The average molecular weight is 451 g/mol. The van der Waals surface area contributed by atoms with Crippen molar-refractivity contribution in [1.82, 2.24) is 9.88 Å². The topological polar surface area (TPSA) is 74.8 Å². The van der Waals surface area contributed by atoms with Gasteiger partial charge in [-0.15, -0.1) is 0 Å². The smallest absolute Gasteiger partial charge is 0.262 e. The normalized spacial score (nSPS) is 16.4. The summed E-state index contributed by atoms with van der Waals surface area (Å²) in [5.74, 6) is 0.402. The van der Waals surface area contributed by atoms with Crippen molar-refractivity contribution in [2.75, 3.05) is 49.5 Å². The number of ether oxygens (including phenoxy) is 1. The van der Waals surface area contributed by atoms with Crippen LogP contribution in [-0.2, 0) is 4.79 Å². The van der Waals surface area contributed by atoms with Crippen molar-refractivity contribution in [2.24, 2.45) is 0 Å². The summed E-state index contributed by atoms with van der Waals surface area (Å²) in [6, 6.07) is 13.2. The number of aromatic nitrogens is 1. The second-order valence-corrected chi connectivity index (χ2v) is 8.61. The van der Waals surface area contributed by atoms with Crippen LogP contribution in [-0.4, -0.2) is 60.9 Å². The summed E-state index contributed by atoms with van der Waals surface area (Å²) in [7, 11) is 0. The second kappa shape index (κ2) is 8.41. The van der Waals surface area contributed by atoms with E-state index in [-0.39, 0.29) is 18.3 Å². The molecule has 0 saturated carbocycles. The minimum absolute atomic E-state index is 0.00214. The summed E-state index contributed by atoms with van der Waals surface area (Å²) >= 11 is 6.36. The summed E-state index contributed by atoms with van der Waals surface area (Å²) in [6.45, 7) is 5.43. The van der Waals surface area contributed by atoms with Crippen LogP contribution in [0.5, 0.6) is 5.75 Å². The lowest BCUT2D eigenvalue weighted by Crippen LogP contribution is -2.48. The molecule has 0 spiro atoms. The number of hydrogen-bond donors (Lipinski definition) is 1. The third kappa shape index (κ3) is 4.13. The third-order valence-corrected chi connectivity index (χ3v) is 6.12. The lowest BCUT2D eigenvalue weighted by molar-refractivity contribution is -0.118. The number of ketones is 1. The molecule has 164 valence electrons. The number of anilines is 2. The molecule has 3 aromatic rings. The number of fused-ring (bicyclic) bond motifs is 2. The van der Waals surface area contributed by atoms with Crippen molar-refractivity contribution in [3.05, 3.63) is 58.7 Å². The van der Waals surface area contributed by atoms with E-state index in [0.29, 0.717) is 28.6 Å². The molecule has 0 atom stereocenters. The molecular formula is C24H23ClN4O3. The number of nitrogens with one attached hydrogen (secondary N) is 1. The maximum absolute atomic E-state index is 12.8.